The Morgan fingerprint density at radius 1 is 1.38 bits per heavy atom. The predicted molar refractivity (Wildman–Crippen MR) is 79.7 cm³/mol. The number of aromatic amines is 1. The molecule has 2 heterocycles. The van der Waals surface area contributed by atoms with Crippen molar-refractivity contribution in [2.75, 3.05) is 19.7 Å². The first-order valence-electron chi connectivity index (χ1n) is 7.29. The number of carbonyl (C=O) groups excluding carboxylic acids is 1. The van der Waals surface area contributed by atoms with Crippen molar-refractivity contribution < 1.29 is 9.90 Å². The number of hydrogen-bond acceptors (Lipinski definition) is 3. The predicted octanol–water partition coefficient (Wildman–Crippen LogP) is 1.92. The zero-order chi connectivity index (χ0) is 14.7. The van der Waals surface area contributed by atoms with E-state index < -0.39 is 0 Å². The minimum absolute atomic E-state index is 0.00915. The molecule has 3 rings (SSSR count). The Bertz CT molecular complexity index is 609. The summed E-state index contributed by atoms with van der Waals surface area (Å²) in [7, 11) is 0. The Hall–Kier alpha value is -2.14. The highest BCUT2D eigenvalue weighted by Crippen LogP contribution is 2.22. The van der Waals surface area contributed by atoms with Crippen LogP contribution in [0.1, 0.15) is 23.3 Å². The number of hydrogen-bond donors (Lipinski definition) is 2. The third-order valence-corrected chi connectivity index (χ3v) is 3.99. The molecule has 110 valence electrons. The number of rotatable bonds is 4. The Balaban J connectivity index is 1.70. The van der Waals surface area contributed by atoms with Crippen LogP contribution in [0.15, 0.2) is 36.4 Å². The van der Waals surface area contributed by atoms with Crippen molar-refractivity contribution in [3.05, 3.63) is 42.1 Å². The number of carbonyl (C=O) groups is 1. The smallest absolute Gasteiger partial charge is 0.271 e. The van der Waals surface area contributed by atoms with Gasteiger partial charge in [-0.1, -0.05) is 30.3 Å². The van der Waals surface area contributed by atoms with Crippen molar-refractivity contribution in [1.82, 2.24) is 15.1 Å². The molecule has 1 atom stereocenters. The van der Waals surface area contributed by atoms with E-state index in [1.165, 1.54) is 0 Å². The summed E-state index contributed by atoms with van der Waals surface area (Å²) in [5.74, 6) is 0.403. The molecule has 1 amide bonds. The fraction of sp³-hybridized carbons (Fsp3) is 0.375. The van der Waals surface area contributed by atoms with Crippen LogP contribution in [0.3, 0.4) is 0 Å². The minimum atomic E-state index is -0.00915. The Morgan fingerprint density at radius 2 is 2.19 bits per heavy atom. The zero-order valence-electron chi connectivity index (χ0n) is 11.8. The lowest BCUT2D eigenvalue weighted by Crippen LogP contribution is -2.29. The molecular formula is C16H19N3O2. The maximum absolute atomic E-state index is 12.4. The minimum Gasteiger partial charge on any atom is -0.396 e. The van der Waals surface area contributed by atoms with Crippen molar-refractivity contribution in [3.8, 4) is 11.3 Å². The van der Waals surface area contributed by atoms with E-state index in [-0.39, 0.29) is 12.5 Å². The second-order valence-electron chi connectivity index (χ2n) is 5.45. The number of aliphatic hydroxyl groups excluding tert-OH is 1. The van der Waals surface area contributed by atoms with Crippen LogP contribution < -0.4 is 0 Å². The highest BCUT2D eigenvalue weighted by molar-refractivity contribution is 5.93. The van der Waals surface area contributed by atoms with Gasteiger partial charge in [0.1, 0.15) is 5.69 Å². The van der Waals surface area contributed by atoms with Gasteiger partial charge >= 0.3 is 0 Å². The number of aliphatic hydroxyl groups is 1. The van der Waals surface area contributed by atoms with Crippen LogP contribution in [-0.2, 0) is 0 Å². The van der Waals surface area contributed by atoms with Crippen molar-refractivity contribution in [2.24, 2.45) is 5.92 Å². The zero-order valence-corrected chi connectivity index (χ0v) is 11.8. The standard InChI is InChI=1S/C16H19N3O2/c20-9-7-12-6-8-19(11-12)16(21)15-10-14(17-18-15)13-4-2-1-3-5-13/h1-5,10,12,20H,6-9,11H2,(H,17,18). The molecule has 0 spiro atoms. The average molecular weight is 285 g/mol. The molecule has 1 aliphatic heterocycles. The average Bonchev–Trinajstić information content (AvgIpc) is 3.17. The van der Waals surface area contributed by atoms with E-state index in [2.05, 4.69) is 10.2 Å². The van der Waals surface area contributed by atoms with E-state index in [1.54, 1.807) is 6.07 Å². The van der Waals surface area contributed by atoms with E-state index in [9.17, 15) is 4.79 Å². The summed E-state index contributed by atoms with van der Waals surface area (Å²) in [6, 6.07) is 11.6. The molecule has 2 aromatic rings. The second kappa shape index (κ2) is 6.10. The van der Waals surface area contributed by atoms with Crippen LogP contribution in [0.25, 0.3) is 11.3 Å². The van der Waals surface area contributed by atoms with Crippen molar-refractivity contribution in [1.29, 1.82) is 0 Å². The number of aromatic nitrogens is 2. The lowest BCUT2D eigenvalue weighted by Gasteiger charge is -2.14. The van der Waals surface area contributed by atoms with E-state index in [0.717, 1.165) is 37.2 Å². The molecule has 1 aliphatic rings. The second-order valence-corrected chi connectivity index (χ2v) is 5.45. The quantitative estimate of drug-likeness (QED) is 0.901. The molecule has 0 saturated carbocycles. The molecule has 5 nitrogen and oxygen atoms in total. The number of likely N-dealkylation sites (tertiary alicyclic amines) is 1. The first-order valence-corrected chi connectivity index (χ1v) is 7.29. The van der Waals surface area contributed by atoms with Crippen molar-refractivity contribution >= 4 is 5.91 Å². The first-order chi connectivity index (χ1) is 10.3. The van der Waals surface area contributed by atoms with Gasteiger partial charge in [-0.2, -0.15) is 5.10 Å². The molecule has 1 fully saturated rings. The molecule has 1 saturated heterocycles. The topological polar surface area (TPSA) is 69.2 Å². The Morgan fingerprint density at radius 3 is 2.95 bits per heavy atom. The summed E-state index contributed by atoms with van der Waals surface area (Å²) in [6.45, 7) is 1.66. The maximum atomic E-state index is 12.4. The van der Waals surface area contributed by atoms with E-state index >= 15 is 0 Å². The van der Waals surface area contributed by atoms with Gasteiger partial charge in [-0.05, 0) is 24.8 Å². The molecule has 21 heavy (non-hydrogen) atoms. The van der Waals surface area contributed by atoms with Gasteiger partial charge in [0, 0.05) is 25.3 Å². The molecule has 1 unspecified atom stereocenters. The summed E-state index contributed by atoms with van der Waals surface area (Å²) in [5.41, 5.74) is 2.30. The molecule has 5 heteroatoms. The Kier molecular flexibility index (Phi) is 4.01. The molecule has 0 bridgehead atoms. The summed E-state index contributed by atoms with van der Waals surface area (Å²) >= 11 is 0. The van der Waals surface area contributed by atoms with Gasteiger partial charge in [0.25, 0.3) is 5.91 Å². The van der Waals surface area contributed by atoms with E-state index in [0.29, 0.717) is 11.6 Å². The van der Waals surface area contributed by atoms with Crippen LogP contribution in [0.2, 0.25) is 0 Å². The van der Waals surface area contributed by atoms with Crippen LogP contribution in [0.4, 0.5) is 0 Å². The lowest BCUT2D eigenvalue weighted by atomic mass is 10.1. The monoisotopic (exact) mass is 285 g/mol. The Labute approximate surface area is 123 Å². The fourth-order valence-electron chi connectivity index (χ4n) is 2.79. The van der Waals surface area contributed by atoms with Gasteiger partial charge in [-0.15, -0.1) is 0 Å². The van der Waals surface area contributed by atoms with Crippen LogP contribution in [-0.4, -0.2) is 45.8 Å². The summed E-state index contributed by atoms with van der Waals surface area (Å²) in [4.78, 5) is 14.3. The van der Waals surface area contributed by atoms with Gasteiger partial charge in [0.05, 0.1) is 5.69 Å². The number of nitrogens with zero attached hydrogens (tertiary/aromatic N) is 2. The highest BCUT2D eigenvalue weighted by Gasteiger charge is 2.27. The SMILES string of the molecule is O=C(c1cc(-c2ccccc2)n[nH]1)N1CCC(CCO)C1. The maximum Gasteiger partial charge on any atom is 0.271 e. The largest absolute Gasteiger partial charge is 0.396 e. The summed E-state index contributed by atoms with van der Waals surface area (Å²) < 4.78 is 0. The normalized spacial score (nSPS) is 18.1. The van der Waals surface area contributed by atoms with Crippen LogP contribution in [0, 0.1) is 5.92 Å². The molecule has 0 radical (unpaired) electrons. The molecule has 1 aromatic carbocycles. The number of amides is 1. The van der Waals surface area contributed by atoms with Gasteiger partial charge in [0.15, 0.2) is 0 Å². The molecule has 0 aliphatic carbocycles. The van der Waals surface area contributed by atoms with E-state index in [1.807, 2.05) is 35.2 Å². The number of H-pyrrole nitrogens is 1. The fourth-order valence-corrected chi connectivity index (χ4v) is 2.79. The first kappa shape index (κ1) is 13.8. The van der Waals surface area contributed by atoms with Crippen molar-refractivity contribution in [3.63, 3.8) is 0 Å². The number of nitrogens with one attached hydrogen (secondary N) is 1. The summed E-state index contributed by atoms with van der Waals surface area (Å²) in [6.07, 6.45) is 1.73. The van der Waals surface area contributed by atoms with Crippen LogP contribution in [0.5, 0.6) is 0 Å². The number of benzene rings is 1. The van der Waals surface area contributed by atoms with Crippen LogP contribution >= 0.6 is 0 Å². The third kappa shape index (κ3) is 2.97. The third-order valence-electron chi connectivity index (χ3n) is 3.99. The van der Waals surface area contributed by atoms with E-state index in [4.69, 9.17) is 5.11 Å². The molecular weight excluding hydrogens is 266 g/mol. The lowest BCUT2D eigenvalue weighted by molar-refractivity contribution is 0.0779. The van der Waals surface area contributed by atoms with Gasteiger partial charge in [-0.3, -0.25) is 9.89 Å². The summed E-state index contributed by atoms with van der Waals surface area (Å²) in [5, 5.41) is 16.0. The molecule has 1 aromatic heterocycles. The molecule has 2 N–H and O–H groups in total. The van der Waals surface area contributed by atoms with Gasteiger partial charge < -0.3 is 10.0 Å². The van der Waals surface area contributed by atoms with Gasteiger partial charge in [-0.25, -0.2) is 0 Å². The van der Waals surface area contributed by atoms with Gasteiger partial charge in [0.2, 0.25) is 0 Å². The highest BCUT2D eigenvalue weighted by atomic mass is 16.3. The van der Waals surface area contributed by atoms with Crippen molar-refractivity contribution in [2.45, 2.75) is 12.8 Å².